The largest absolute Gasteiger partial charge is 0.336 e. The number of carbonyl (C=O) groups is 1. The van der Waals surface area contributed by atoms with Gasteiger partial charge in [-0.05, 0) is 35.7 Å². The van der Waals surface area contributed by atoms with Crippen molar-refractivity contribution in [2.45, 2.75) is 27.2 Å². The molecule has 3 N–H and O–H groups in total. The first-order chi connectivity index (χ1) is 19.1. The van der Waals surface area contributed by atoms with Gasteiger partial charge in [0.25, 0.3) is 0 Å². The van der Waals surface area contributed by atoms with Gasteiger partial charge in [0.05, 0.1) is 28.6 Å². The Hall–Kier alpha value is -4.99. The highest BCUT2D eigenvalue weighted by Gasteiger charge is 2.19. The molecule has 40 heavy (non-hydrogen) atoms. The van der Waals surface area contributed by atoms with E-state index in [1.54, 1.807) is 42.7 Å². The first kappa shape index (κ1) is 25.3. The molecule has 0 radical (unpaired) electrons. The van der Waals surface area contributed by atoms with Gasteiger partial charge in [0.1, 0.15) is 22.8 Å². The Morgan fingerprint density at radius 3 is 2.62 bits per heavy atom. The summed E-state index contributed by atoms with van der Waals surface area (Å²) in [5.74, 6) is -0.528. The van der Waals surface area contributed by atoms with E-state index in [2.05, 4.69) is 30.5 Å². The fourth-order valence-corrected chi connectivity index (χ4v) is 4.68. The minimum absolute atomic E-state index is 0.142. The van der Waals surface area contributed by atoms with E-state index in [0.717, 1.165) is 0 Å². The van der Waals surface area contributed by atoms with Crippen molar-refractivity contribution >= 4 is 33.5 Å². The number of amides is 1. The summed E-state index contributed by atoms with van der Waals surface area (Å²) in [6.45, 7) is 5.94. The maximum absolute atomic E-state index is 15.2. The van der Waals surface area contributed by atoms with Gasteiger partial charge in [0, 0.05) is 47.0 Å². The molecule has 0 aliphatic carbocycles. The third kappa shape index (κ3) is 4.91. The maximum atomic E-state index is 15.2. The number of carbonyl (C=O) groups excluding carboxylic acids is 1. The summed E-state index contributed by atoms with van der Waals surface area (Å²) in [7, 11) is 0. The minimum Gasteiger partial charge on any atom is -0.336 e. The van der Waals surface area contributed by atoms with Crippen molar-refractivity contribution in [3.63, 3.8) is 0 Å². The summed E-state index contributed by atoms with van der Waals surface area (Å²) in [6.07, 6.45) is 5.04. The lowest BCUT2D eigenvalue weighted by atomic mass is 9.92. The van der Waals surface area contributed by atoms with Crippen molar-refractivity contribution in [2.24, 2.45) is 5.41 Å². The number of hydrogen-bond acceptors (Lipinski definition) is 5. The average Bonchev–Trinajstić information content (AvgIpc) is 3.50. The third-order valence-corrected chi connectivity index (χ3v) is 6.40. The zero-order valence-electron chi connectivity index (χ0n) is 22.0. The van der Waals surface area contributed by atoms with E-state index in [1.165, 1.54) is 24.4 Å². The molecule has 4 heterocycles. The molecule has 0 spiro atoms. The maximum Gasteiger partial charge on any atom is 0.224 e. The van der Waals surface area contributed by atoms with Crippen molar-refractivity contribution in [3.05, 3.63) is 78.8 Å². The van der Waals surface area contributed by atoms with Crippen molar-refractivity contribution in [3.8, 4) is 33.9 Å². The van der Waals surface area contributed by atoms with Crippen LogP contribution in [0.1, 0.15) is 27.2 Å². The van der Waals surface area contributed by atoms with E-state index in [4.69, 9.17) is 4.98 Å². The Kier molecular flexibility index (Phi) is 6.10. The number of imidazole rings is 1. The topological polar surface area (TPSA) is 112 Å². The van der Waals surface area contributed by atoms with Crippen molar-refractivity contribution in [2.75, 3.05) is 5.32 Å². The van der Waals surface area contributed by atoms with Crippen LogP contribution < -0.4 is 5.32 Å². The number of aromatic nitrogens is 6. The van der Waals surface area contributed by atoms with Gasteiger partial charge in [-0.3, -0.25) is 19.9 Å². The van der Waals surface area contributed by atoms with E-state index >= 15 is 4.39 Å². The van der Waals surface area contributed by atoms with Crippen LogP contribution in [-0.2, 0) is 4.79 Å². The second-order valence-corrected chi connectivity index (χ2v) is 10.8. The number of H-pyrrole nitrogens is 2. The normalized spacial score (nSPS) is 11.8. The van der Waals surface area contributed by atoms with Crippen LogP contribution in [0.3, 0.4) is 0 Å². The number of nitrogens with one attached hydrogen (secondary N) is 3. The van der Waals surface area contributed by atoms with Crippen LogP contribution in [0.2, 0.25) is 0 Å². The second-order valence-electron chi connectivity index (χ2n) is 10.8. The lowest BCUT2D eigenvalue weighted by Crippen LogP contribution is -2.19. The van der Waals surface area contributed by atoms with Crippen LogP contribution >= 0.6 is 0 Å². The number of halogens is 2. The molecule has 0 saturated carbocycles. The molecule has 0 unspecified atom stereocenters. The predicted molar refractivity (Wildman–Crippen MR) is 150 cm³/mol. The molecule has 1 amide bonds. The van der Waals surface area contributed by atoms with Crippen molar-refractivity contribution < 1.29 is 13.6 Å². The van der Waals surface area contributed by atoms with Gasteiger partial charge in [-0.25, -0.2) is 13.8 Å². The van der Waals surface area contributed by atoms with Crippen LogP contribution in [0.4, 0.5) is 14.5 Å². The number of nitrogens with zero attached hydrogens (tertiary/aromatic N) is 4. The molecule has 10 heteroatoms. The molecular formula is C30H25F2N7O. The lowest BCUT2D eigenvalue weighted by molar-refractivity contribution is -0.117. The van der Waals surface area contributed by atoms with Gasteiger partial charge >= 0.3 is 0 Å². The first-order valence-electron chi connectivity index (χ1n) is 12.7. The Morgan fingerprint density at radius 1 is 0.975 bits per heavy atom. The van der Waals surface area contributed by atoms with Crippen LogP contribution in [0, 0.1) is 17.0 Å². The number of pyridine rings is 2. The van der Waals surface area contributed by atoms with E-state index in [9.17, 15) is 9.18 Å². The number of fused-ring (bicyclic) bond motifs is 2. The molecule has 0 bridgehead atoms. The van der Waals surface area contributed by atoms with Crippen molar-refractivity contribution in [1.29, 1.82) is 0 Å². The van der Waals surface area contributed by atoms with Gasteiger partial charge in [-0.15, -0.1) is 0 Å². The summed E-state index contributed by atoms with van der Waals surface area (Å²) < 4.78 is 29.1. The number of hydrogen-bond donors (Lipinski definition) is 3. The van der Waals surface area contributed by atoms with Gasteiger partial charge in [0.2, 0.25) is 5.91 Å². The highest BCUT2D eigenvalue weighted by atomic mass is 19.1. The second kappa shape index (κ2) is 9.64. The Morgan fingerprint density at radius 2 is 1.82 bits per heavy atom. The molecule has 2 aromatic carbocycles. The van der Waals surface area contributed by atoms with Gasteiger partial charge in [-0.1, -0.05) is 32.9 Å². The fraction of sp³-hybridized carbons (Fsp3) is 0.167. The summed E-state index contributed by atoms with van der Waals surface area (Å²) in [5.41, 5.74) is 4.47. The van der Waals surface area contributed by atoms with E-state index in [1.807, 2.05) is 20.8 Å². The molecule has 0 atom stereocenters. The Balaban J connectivity index is 1.40. The molecule has 6 rings (SSSR count). The lowest BCUT2D eigenvalue weighted by Gasteiger charge is -2.17. The molecule has 0 fully saturated rings. The third-order valence-electron chi connectivity index (χ3n) is 6.40. The molecular weight excluding hydrogens is 512 g/mol. The molecule has 0 saturated heterocycles. The SMILES string of the molecule is CC(C)(C)CC(=O)Nc1cncc(-c2cc3c(-c4nc5c(-c6cccc(F)c6)nccc5[nH]4)n[nH]c3cc2F)c1. The number of benzene rings is 2. The highest BCUT2D eigenvalue weighted by Crippen LogP contribution is 2.34. The number of aromatic amines is 2. The standard InChI is InChI=1S/C30H25F2N7O/c1-30(2,3)13-25(40)35-19-10-17(14-33-15-19)20-11-21-24(12-22(20)32)38-39-27(21)29-36-23-7-8-34-26(28(23)37-29)16-5-4-6-18(31)9-16/h4-12,14-15H,13H2,1-3H3,(H,35,40)(H,36,37)(H,38,39). The summed E-state index contributed by atoms with van der Waals surface area (Å²) in [6, 6.07) is 12.7. The van der Waals surface area contributed by atoms with Gasteiger partial charge < -0.3 is 10.3 Å². The Bertz CT molecular complexity index is 1900. The molecule has 6 aromatic rings. The van der Waals surface area contributed by atoms with E-state index < -0.39 is 5.82 Å². The number of anilines is 1. The Labute approximate surface area is 227 Å². The summed E-state index contributed by atoms with van der Waals surface area (Å²) >= 11 is 0. The molecule has 8 nitrogen and oxygen atoms in total. The number of rotatable bonds is 5. The molecule has 200 valence electrons. The van der Waals surface area contributed by atoms with Crippen LogP contribution in [0.25, 0.3) is 55.8 Å². The smallest absolute Gasteiger partial charge is 0.224 e. The van der Waals surface area contributed by atoms with Gasteiger partial charge in [-0.2, -0.15) is 5.10 Å². The molecule has 4 aromatic heterocycles. The zero-order valence-corrected chi connectivity index (χ0v) is 22.0. The molecule has 0 aliphatic heterocycles. The zero-order chi connectivity index (χ0) is 28.0. The highest BCUT2D eigenvalue weighted by molar-refractivity contribution is 5.98. The average molecular weight is 538 g/mol. The van der Waals surface area contributed by atoms with Gasteiger partial charge in [0.15, 0.2) is 5.82 Å². The van der Waals surface area contributed by atoms with Crippen LogP contribution in [-0.4, -0.2) is 36.0 Å². The summed E-state index contributed by atoms with van der Waals surface area (Å²) in [4.78, 5) is 29.1. The quantitative estimate of drug-likeness (QED) is 0.222. The first-order valence-corrected chi connectivity index (χ1v) is 12.7. The predicted octanol–water partition coefficient (Wildman–Crippen LogP) is 6.88. The summed E-state index contributed by atoms with van der Waals surface area (Å²) in [5, 5.41) is 10.8. The van der Waals surface area contributed by atoms with Crippen LogP contribution in [0.15, 0.2) is 67.1 Å². The van der Waals surface area contributed by atoms with E-state index in [-0.39, 0.29) is 17.1 Å². The fourth-order valence-electron chi connectivity index (χ4n) is 4.68. The van der Waals surface area contributed by atoms with Crippen molar-refractivity contribution in [1.82, 2.24) is 30.1 Å². The van der Waals surface area contributed by atoms with E-state index in [0.29, 0.717) is 67.9 Å². The minimum atomic E-state index is -0.468. The monoisotopic (exact) mass is 537 g/mol. The molecule has 0 aliphatic rings. The van der Waals surface area contributed by atoms with Crippen LogP contribution in [0.5, 0.6) is 0 Å².